The fraction of sp³-hybridized carbons (Fsp3) is 0.455. The standard InChI is InChI=1S/C33H43N5O8S/c1-20(39)38-18-22(21-10-12-24(13-11-21)35-32(46)34-23-8-6-5-7-9-23)16-27(38)29(41)37-25(30(42)43)14-15-47-19-26(31(44)45)36-28(40)17-33(2,3)4/h5-13,22,25-27H,14-19H2,1-4H3,(H,36,40)(H,37,41)(H,42,43)(H,44,45)(H2,34,35,46). The van der Waals surface area contributed by atoms with E-state index in [1.54, 1.807) is 24.3 Å². The lowest BCUT2D eigenvalue weighted by molar-refractivity contribution is -0.143. The molecule has 3 rings (SSSR count). The van der Waals surface area contributed by atoms with Crippen molar-refractivity contribution in [2.75, 3.05) is 28.7 Å². The predicted molar refractivity (Wildman–Crippen MR) is 179 cm³/mol. The van der Waals surface area contributed by atoms with Crippen molar-refractivity contribution in [2.45, 2.75) is 71.0 Å². The maximum atomic E-state index is 13.3. The highest BCUT2D eigenvalue weighted by Crippen LogP contribution is 2.33. The molecule has 1 saturated heterocycles. The van der Waals surface area contributed by atoms with E-state index in [1.807, 2.05) is 51.1 Å². The molecular formula is C33H43N5O8S. The monoisotopic (exact) mass is 669 g/mol. The van der Waals surface area contributed by atoms with E-state index in [9.17, 15) is 39.0 Å². The van der Waals surface area contributed by atoms with Crippen LogP contribution in [0.2, 0.25) is 0 Å². The van der Waals surface area contributed by atoms with Gasteiger partial charge in [0.15, 0.2) is 0 Å². The van der Waals surface area contributed by atoms with Crippen LogP contribution in [0.15, 0.2) is 54.6 Å². The first-order valence-corrected chi connectivity index (χ1v) is 16.4. The van der Waals surface area contributed by atoms with Gasteiger partial charge in [-0.05, 0) is 53.8 Å². The Morgan fingerprint density at radius 3 is 2.02 bits per heavy atom. The summed E-state index contributed by atoms with van der Waals surface area (Å²) in [7, 11) is 0. The predicted octanol–water partition coefficient (Wildman–Crippen LogP) is 3.73. The van der Waals surface area contributed by atoms with Gasteiger partial charge >= 0.3 is 18.0 Å². The summed E-state index contributed by atoms with van der Waals surface area (Å²) in [6.07, 6.45) is 0.448. The van der Waals surface area contributed by atoms with Crippen molar-refractivity contribution in [3.05, 3.63) is 60.2 Å². The molecule has 2 aromatic rings. The van der Waals surface area contributed by atoms with Gasteiger partial charge in [-0.3, -0.25) is 14.4 Å². The number of para-hydroxylation sites is 1. The molecule has 1 aliphatic rings. The summed E-state index contributed by atoms with van der Waals surface area (Å²) >= 11 is 1.16. The molecule has 0 radical (unpaired) electrons. The van der Waals surface area contributed by atoms with Crippen LogP contribution in [0, 0.1) is 5.41 Å². The van der Waals surface area contributed by atoms with Crippen molar-refractivity contribution in [2.24, 2.45) is 5.41 Å². The zero-order chi connectivity index (χ0) is 34.7. The molecule has 47 heavy (non-hydrogen) atoms. The van der Waals surface area contributed by atoms with E-state index in [0.717, 1.165) is 17.3 Å². The van der Waals surface area contributed by atoms with Gasteiger partial charge in [0.25, 0.3) is 0 Å². The summed E-state index contributed by atoms with van der Waals surface area (Å²) in [5.41, 5.74) is 1.75. The normalized spacial score (nSPS) is 17.2. The van der Waals surface area contributed by atoms with Gasteiger partial charge < -0.3 is 36.4 Å². The quantitative estimate of drug-likeness (QED) is 0.163. The molecule has 4 atom stereocenters. The Morgan fingerprint density at radius 2 is 1.47 bits per heavy atom. The lowest BCUT2D eigenvalue weighted by atomic mass is 9.92. The maximum absolute atomic E-state index is 13.3. The summed E-state index contributed by atoms with van der Waals surface area (Å²) in [5.74, 6) is -3.69. The molecule has 1 fully saturated rings. The van der Waals surface area contributed by atoms with E-state index in [4.69, 9.17) is 0 Å². The summed E-state index contributed by atoms with van der Waals surface area (Å²) < 4.78 is 0. The number of carbonyl (C=O) groups excluding carboxylic acids is 4. The molecule has 6 N–H and O–H groups in total. The molecule has 0 bridgehead atoms. The third-order valence-corrected chi connectivity index (χ3v) is 8.55. The Labute approximate surface area is 278 Å². The maximum Gasteiger partial charge on any atom is 0.327 e. The Kier molecular flexibility index (Phi) is 13.2. The van der Waals surface area contributed by atoms with Crippen LogP contribution in [-0.4, -0.2) is 87.0 Å². The molecule has 1 heterocycles. The Balaban J connectivity index is 1.54. The zero-order valence-electron chi connectivity index (χ0n) is 26.9. The van der Waals surface area contributed by atoms with E-state index in [2.05, 4.69) is 21.3 Å². The molecule has 0 aromatic heterocycles. The second-order valence-corrected chi connectivity index (χ2v) is 13.8. The molecule has 13 nitrogen and oxygen atoms in total. The van der Waals surface area contributed by atoms with Gasteiger partial charge in [0, 0.05) is 42.9 Å². The lowest BCUT2D eigenvalue weighted by Gasteiger charge is -2.24. The summed E-state index contributed by atoms with van der Waals surface area (Å²) in [5, 5.41) is 29.8. The highest BCUT2D eigenvalue weighted by Gasteiger charge is 2.40. The molecule has 2 aromatic carbocycles. The highest BCUT2D eigenvalue weighted by atomic mass is 32.2. The lowest BCUT2D eigenvalue weighted by Crippen LogP contribution is -2.50. The fourth-order valence-electron chi connectivity index (χ4n) is 5.16. The van der Waals surface area contributed by atoms with E-state index in [-0.39, 0.29) is 60.5 Å². The number of carbonyl (C=O) groups is 6. The van der Waals surface area contributed by atoms with Crippen molar-refractivity contribution in [1.82, 2.24) is 15.5 Å². The SMILES string of the molecule is CC(=O)N1CC(c2ccc(NC(=O)Nc3ccccc3)cc2)CC1C(=O)NC(CCSCC(NC(=O)CC(C)(C)C)C(=O)O)C(=O)O. The number of rotatable bonds is 14. The number of benzene rings is 2. The van der Waals surface area contributed by atoms with Gasteiger partial charge in [0.2, 0.25) is 17.7 Å². The minimum Gasteiger partial charge on any atom is -0.480 e. The van der Waals surface area contributed by atoms with Crippen molar-refractivity contribution >= 4 is 58.8 Å². The smallest absolute Gasteiger partial charge is 0.327 e. The fourth-order valence-corrected chi connectivity index (χ4v) is 6.19. The molecule has 0 spiro atoms. The third kappa shape index (κ3) is 11.9. The van der Waals surface area contributed by atoms with Crippen molar-refractivity contribution in [3.8, 4) is 0 Å². The number of aliphatic carboxylic acids is 2. The second kappa shape index (κ2) is 16.8. The molecule has 0 aliphatic carbocycles. The molecule has 14 heteroatoms. The van der Waals surface area contributed by atoms with Crippen LogP contribution in [0.3, 0.4) is 0 Å². The highest BCUT2D eigenvalue weighted by molar-refractivity contribution is 7.99. The number of carboxylic acids is 2. The minimum atomic E-state index is -1.26. The van der Waals surface area contributed by atoms with Gasteiger partial charge in [-0.25, -0.2) is 14.4 Å². The zero-order valence-corrected chi connectivity index (χ0v) is 27.8. The van der Waals surface area contributed by atoms with Gasteiger partial charge in [0.05, 0.1) is 0 Å². The summed E-state index contributed by atoms with van der Waals surface area (Å²) in [6, 6.07) is 12.4. The second-order valence-electron chi connectivity index (χ2n) is 12.6. The first-order valence-electron chi connectivity index (χ1n) is 15.3. The van der Waals surface area contributed by atoms with Gasteiger partial charge in [0.1, 0.15) is 18.1 Å². The Morgan fingerprint density at radius 1 is 0.872 bits per heavy atom. The molecule has 0 saturated carbocycles. The first-order chi connectivity index (χ1) is 22.1. The number of thioether (sulfide) groups is 1. The van der Waals surface area contributed by atoms with Crippen LogP contribution in [0.1, 0.15) is 58.4 Å². The number of nitrogens with one attached hydrogen (secondary N) is 4. The van der Waals surface area contributed by atoms with E-state index in [1.165, 1.54) is 11.8 Å². The number of hydrogen-bond donors (Lipinski definition) is 6. The van der Waals surface area contributed by atoms with Crippen LogP contribution < -0.4 is 21.3 Å². The Hall–Kier alpha value is -4.59. The number of nitrogens with zero attached hydrogens (tertiary/aromatic N) is 1. The van der Waals surface area contributed by atoms with Gasteiger partial charge in [-0.15, -0.1) is 0 Å². The number of anilines is 2. The minimum absolute atomic E-state index is 0.0105. The number of likely N-dealkylation sites (tertiary alicyclic amines) is 1. The topological polar surface area (TPSA) is 194 Å². The largest absolute Gasteiger partial charge is 0.480 e. The van der Waals surface area contributed by atoms with Gasteiger partial charge in [-0.1, -0.05) is 51.1 Å². The van der Waals surface area contributed by atoms with Crippen molar-refractivity contribution in [3.63, 3.8) is 0 Å². The van der Waals surface area contributed by atoms with E-state index < -0.39 is 42.0 Å². The molecule has 254 valence electrons. The average molecular weight is 670 g/mol. The van der Waals surface area contributed by atoms with Crippen LogP contribution in [-0.2, 0) is 24.0 Å². The van der Waals surface area contributed by atoms with Gasteiger partial charge in [-0.2, -0.15) is 11.8 Å². The summed E-state index contributed by atoms with van der Waals surface area (Å²) in [6.45, 7) is 7.21. The molecule has 1 aliphatic heterocycles. The van der Waals surface area contributed by atoms with E-state index in [0.29, 0.717) is 11.4 Å². The van der Waals surface area contributed by atoms with Crippen LogP contribution in [0.4, 0.5) is 16.2 Å². The molecule has 5 amide bonds. The number of carboxylic acid groups (broad SMARTS) is 2. The van der Waals surface area contributed by atoms with Crippen LogP contribution in [0.25, 0.3) is 0 Å². The van der Waals surface area contributed by atoms with Crippen LogP contribution >= 0.6 is 11.8 Å². The van der Waals surface area contributed by atoms with E-state index >= 15 is 0 Å². The van der Waals surface area contributed by atoms with Crippen molar-refractivity contribution in [1.29, 1.82) is 0 Å². The molecular weight excluding hydrogens is 626 g/mol. The first kappa shape index (κ1) is 36.9. The van der Waals surface area contributed by atoms with Crippen LogP contribution in [0.5, 0.6) is 0 Å². The number of hydrogen-bond acceptors (Lipinski definition) is 7. The third-order valence-electron chi connectivity index (χ3n) is 7.45. The Bertz CT molecular complexity index is 1430. The molecule has 4 unspecified atom stereocenters. The number of urea groups is 1. The average Bonchev–Trinajstić information content (AvgIpc) is 3.44. The summed E-state index contributed by atoms with van der Waals surface area (Å²) in [4.78, 5) is 75.3. The van der Waals surface area contributed by atoms with Crippen molar-refractivity contribution < 1.29 is 39.0 Å². The number of amides is 5.